The minimum absolute atomic E-state index is 0. The minimum Gasteiger partial charge on any atom is -0.382 e. The SMILES string of the molecule is CC(O)C(=O)OOCl.[Al]. The highest BCUT2D eigenvalue weighted by molar-refractivity contribution is 6.07. The van der Waals surface area contributed by atoms with Crippen molar-refractivity contribution in [2.75, 3.05) is 0 Å². The lowest BCUT2D eigenvalue weighted by atomic mass is 10.4. The average Bonchev–Trinajstić information content (AvgIpc) is 1.67. The summed E-state index contributed by atoms with van der Waals surface area (Å²) >= 11 is 4.49. The van der Waals surface area contributed by atoms with Gasteiger partial charge in [-0.25, -0.2) is 4.79 Å². The second-order valence-corrected chi connectivity index (χ2v) is 1.27. The van der Waals surface area contributed by atoms with Crippen molar-refractivity contribution >= 4 is 35.2 Å². The third-order valence-corrected chi connectivity index (χ3v) is 0.518. The van der Waals surface area contributed by atoms with Crippen molar-refractivity contribution in [1.29, 1.82) is 0 Å². The van der Waals surface area contributed by atoms with E-state index in [-0.39, 0.29) is 17.4 Å². The zero-order valence-corrected chi connectivity index (χ0v) is 6.62. The number of aliphatic hydroxyl groups excluding tert-OH is 1. The van der Waals surface area contributed by atoms with Crippen LogP contribution in [0.1, 0.15) is 6.92 Å². The summed E-state index contributed by atoms with van der Waals surface area (Å²) in [5.74, 6) is -0.917. The summed E-state index contributed by atoms with van der Waals surface area (Å²) in [5, 5.41) is 8.34. The van der Waals surface area contributed by atoms with Crippen LogP contribution in [0.3, 0.4) is 0 Å². The number of hydrogen-bond donors (Lipinski definition) is 1. The summed E-state index contributed by atoms with van der Waals surface area (Å²) in [6.45, 7) is 1.23. The van der Waals surface area contributed by atoms with E-state index < -0.39 is 12.1 Å². The van der Waals surface area contributed by atoms with Gasteiger partial charge < -0.3 is 5.11 Å². The van der Waals surface area contributed by atoms with Gasteiger partial charge in [0.25, 0.3) is 0 Å². The number of hydrogen-bond acceptors (Lipinski definition) is 4. The number of rotatable bonds is 2. The molecule has 0 saturated carbocycles. The van der Waals surface area contributed by atoms with Crippen LogP contribution in [0.4, 0.5) is 0 Å². The van der Waals surface area contributed by atoms with Crippen LogP contribution in [0.2, 0.25) is 0 Å². The molecule has 3 radical (unpaired) electrons. The predicted molar refractivity (Wildman–Crippen MR) is 30.5 cm³/mol. The molecular weight excluding hydrogens is 162 g/mol. The third-order valence-electron chi connectivity index (χ3n) is 0.455. The van der Waals surface area contributed by atoms with Crippen LogP contribution in [-0.4, -0.2) is 34.5 Å². The fourth-order valence-corrected chi connectivity index (χ4v) is 0.163. The maximum atomic E-state index is 10.1. The molecule has 0 aliphatic heterocycles. The summed E-state index contributed by atoms with van der Waals surface area (Å²) in [6.07, 6.45) is -1.20. The molecule has 1 unspecified atom stereocenters. The molecule has 1 N–H and O–H groups in total. The number of aliphatic hydroxyl groups is 1. The van der Waals surface area contributed by atoms with Gasteiger partial charge in [-0.1, -0.05) is 4.44 Å². The molecule has 0 fully saturated rings. The summed E-state index contributed by atoms with van der Waals surface area (Å²) < 4.78 is 3.43. The number of halogens is 1. The van der Waals surface area contributed by atoms with E-state index in [0.717, 1.165) is 0 Å². The van der Waals surface area contributed by atoms with Crippen LogP contribution in [0.25, 0.3) is 0 Å². The number of carbonyl (C=O) groups excluding carboxylic acids is 1. The Morgan fingerprint density at radius 3 is 2.33 bits per heavy atom. The Labute approximate surface area is 67.9 Å². The van der Waals surface area contributed by atoms with E-state index in [9.17, 15) is 4.79 Å². The molecule has 0 aromatic heterocycles. The van der Waals surface area contributed by atoms with Crippen LogP contribution in [0.15, 0.2) is 0 Å². The Balaban J connectivity index is 0. The molecule has 0 aromatic rings. The van der Waals surface area contributed by atoms with Gasteiger partial charge >= 0.3 is 5.97 Å². The first-order chi connectivity index (χ1) is 3.68. The summed E-state index contributed by atoms with van der Waals surface area (Å²) in [7, 11) is 0. The van der Waals surface area contributed by atoms with E-state index in [4.69, 9.17) is 5.11 Å². The summed E-state index contributed by atoms with van der Waals surface area (Å²) in [6, 6.07) is 0. The molecule has 6 heteroatoms. The largest absolute Gasteiger partial charge is 0.382 e. The highest BCUT2D eigenvalue weighted by atomic mass is 35.5. The van der Waals surface area contributed by atoms with E-state index in [1.807, 2.05) is 0 Å². The molecule has 0 saturated heterocycles. The summed E-state index contributed by atoms with van der Waals surface area (Å²) in [5.41, 5.74) is 0. The fourth-order valence-electron chi connectivity index (χ4n) is 0.101. The van der Waals surface area contributed by atoms with Crippen LogP contribution < -0.4 is 0 Å². The lowest BCUT2D eigenvalue weighted by Gasteiger charge is -1.96. The second-order valence-electron chi connectivity index (χ2n) is 1.14. The van der Waals surface area contributed by atoms with Crippen molar-refractivity contribution in [3.05, 3.63) is 0 Å². The van der Waals surface area contributed by atoms with Gasteiger partial charge in [0.05, 0.1) is 0 Å². The quantitative estimate of drug-likeness (QED) is 0.346. The van der Waals surface area contributed by atoms with Crippen molar-refractivity contribution < 1.29 is 19.2 Å². The highest BCUT2D eigenvalue weighted by Gasteiger charge is 2.10. The Morgan fingerprint density at radius 2 is 2.22 bits per heavy atom. The zero-order valence-electron chi connectivity index (χ0n) is 4.70. The van der Waals surface area contributed by atoms with E-state index in [1.54, 1.807) is 0 Å². The lowest BCUT2D eigenvalue weighted by Crippen LogP contribution is -2.17. The van der Waals surface area contributed by atoms with Crippen LogP contribution >= 0.6 is 11.9 Å². The van der Waals surface area contributed by atoms with Gasteiger partial charge in [0.2, 0.25) is 0 Å². The van der Waals surface area contributed by atoms with Crippen LogP contribution in [-0.2, 0) is 14.1 Å². The Bertz CT molecular complexity index is 85.9. The smallest absolute Gasteiger partial charge is 0.372 e. The number of carbonyl (C=O) groups is 1. The molecule has 0 bridgehead atoms. The minimum atomic E-state index is -1.20. The fraction of sp³-hybridized carbons (Fsp3) is 0.667. The van der Waals surface area contributed by atoms with Gasteiger partial charge in [0, 0.05) is 17.4 Å². The van der Waals surface area contributed by atoms with Crippen molar-refractivity contribution in [2.45, 2.75) is 13.0 Å². The first-order valence-electron chi connectivity index (χ1n) is 1.85. The molecule has 0 aliphatic carbocycles. The van der Waals surface area contributed by atoms with Crippen molar-refractivity contribution in [1.82, 2.24) is 0 Å². The van der Waals surface area contributed by atoms with E-state index in [1.165, 1.54) is 6.92 Å². The van der Waals surface area contributed by atoms with Crippen LogP contribution in [0.5, 0.6) is 0 Å². The monoisotopic (exact) mass is 167 g/mol. The first kappa shape index (κ1) is 11.9. The highest BCUT2D eigenvalue weighted by Crippen LogP contribution is 1.88. The van der Waals surface area contributed by atoms with Crippen molar-refractivity contribution in [3.8, 4) is 0 Å². The van der Waals surface area contributed by atoms with Crippen LogP contribution in [0, 0.1) is 0 Å². The molecule has 0 aromatic carbocycles. The first-order valence-corrected chi connectivity index (χ1v) is 2.16. The van der Waals surface area contributed by atoms with E-state index in [2.05, 4.69) is 21.2 Å². The Morgan fingerprint density at radius 1 is 1.78 bits per heavy atom. The van der Waals surface area contributed by atoms with Gasteiger partial charge in [-0.15, -0.1) is 0 Å². The normalized spacial score (nSPS) is 11.4. The molecule has 51 valence electrons. The van der Waals surface area contributed by atoms with Gasteiger partial charge in [0.15, 0.2) is 6.10 Å². The second kappa shape index (κ2) is 6.33. The predicted octanol–water partition coefficient (Wildman–Crippen LogP) is -0.385. The van der Waals surface area contributed by atoms with Crippen molar-refractivity contribution in [2.24, 2.45) is 0 Å². The standard InChI is InChI=1S/C3H5ClO4.Al/c1-2(5)3(6)7-8-4;/h2,5H,1H3;. The van der Waals surface area contributed by atoms with E-state index in [0.29, 0.717) is 0 Å². The maximum Gasteiger partial charge on any atom is 0.372 e. The van der Waals surface area contributed by atoms with E-state index >= 15 is 0 Å². The van der Waals surface area contributed by atoms with Gasteiger partial charge in [-0.3, -0.25) is 4.89 Å². The molecular formula is C3H5AlClO4. The molecule has 9 heavy (non-hydrogen) atoms. The maximum absolute atomic E-state index is 10.1. The Kier molecular flexibility index (Phi) is 8.41. The molecule has 0 amide bonds. The molecule has 4 nitrogen and oxygen atoms in total. The van der Waals surface area contributed by atoms with Gasteiger partial charge in [0.1, 0.15) is 11.9 Å². The topological polar surface area (TPSA) is 55.8 Å². The zero-order chi connectivity index (χ0) is 6.57. The molecule has 0 spiro atoms. The average molecular weight is 168 g/mol. The molecule has 0 rings (SSSR count). The molecule has 0 heterocycles. The summed E-state index contributed by atoms with van der Waals surface area (Å²) in [4.78, 5) is 13.7. The third kappa shape index (κ3) is 6.09. The molecule has 0 aliphatic rings. The lowest BCUT2D eigenvalue weighted by molar-refractivity contribution is -0.219. The Hall–Kier alpha value is 0.212. The molecule has 1 atom stereocenters. The van der Waals surface area contributed by atoms with Gasteiger partial charge in [-0.05, 0) is 6.92 Å². The van der Waals surface area contributed by atoms with Gasteiger partial charge in [-0.2, -0.15) is 0 Å². The van der Waals surface area contributed by atoms with Crippen molar-refractivity contribution in [3.63, 3.8) is 0 Å².